The van der Waals surface area contributed by atoms with Gasteiger partial charge in [-0.25, -0.2) is 4.79 Å². The van der Waals surface area contributed by atoms with Crippen molar-refractivity contribution in [1.29, 1.82) is 0 Å². The Kier molecular flexibility index (Phi) is 8.80. The third-order valence-electron chi connectivity index (χ3n) is 5.75. The van der Waals surface area contributed by atoms with E-state index in [4.69, 9.17) is 9.47 Å². The van der Waals surface area contributed by atoms with Crippen LogP contribution in [0.5, 0.6) is 0 Å². The summed E-state index contributed by atoms with van der Waals surface area (Å²) in [5.74, 6) is 3.01. The molecule has 1 fully saturated rings. The number of aliphatic hydroxyl groups excluding tert-OH is 2. The fourth-order valence-electron chi connectivity index (χ4n) is 3.89. The second-order valence-corrected chi connectivity index (χ2v) is 16.4. The van der Waals surface area contributed by atoms with Crippen molar-refractivity contribution in [2.24, 2.45) is 5.41 Å². The molecule has 4 atom stereocenters. The van der Waals surface area contributed by atoms with Gasteiger partial charge in [0.15, 0.2) is 0 Å². The van der Waals surface area contributed by atoms with Gasteiger partial charge < -0.3 is 19.7 Å². The number of nitro groups is 1. The Hall–Kier alpha value is -3.08. The van der Waals surface area contributed by atoms with Crippen LogP contribution in [0.4, 0.5) is 5.69 Å². The van der Waals surface area contributed by atoms with E-state index in [1.54, 1.807) is 6.07 Å². The number of H-pyrrole nitrogens is 1. The van der Waals surface area contributed by atoms with Crippen LogP contribution in [0.3, 0.4) is 0 Å². The summed E-state index contributed by atoms with van der Waals surface area (Å²) in [6, 6.07) is 4.53. The Labute approximate surface area is 221 Å². The molecule has 1 aliphatic rings. The van der Waals surface area contributed by atoms with E-state index in [-0.39, 0.29) is 35.3 Å². The number of ether oxygens (including phenoxy) is 2. The fourth-order valence-corrected chi connectivity index (χ4v) is 4.41. The highest BCUT2D eigenvalue weighted by atomic mass is 28.3. The van der Waals surface area contributed by atoms with E-state index >= 15 is 0 Å². The summed E-state index contributed by atoms with van der Waals surface area (Å²) in [4.78, 5) is 39.5. The first-order valence-corrected chi connectivity index (χ1v) is 15.8. The topological polar surface area (TPSA) is 157 Å². The minimum absolute atomic E-state index is 0.00867. The first-order valence-electron chi connectivity index (χ1n) is 12.3. The number of aromatic nitrogens is 2. The number of hydrogen-bond donors (Lipinski definition) is 3. The van der Waals surface area contributed by atoms with Crippen LogP contribution in [0.1, 0.15) is 56.2 Å². The first kappa shape index (κ1) is 29.5. The molecule has 3 rings (SSSR count). The predicted octanol–water partition coefficient (Wildman–Crippen LogP) is 2.47. The monoisotopic (exact) mass is 545 g/mol. The highest BCUT2D eigenvalue weighted by Crippen LogP contribution is 2.34. The summed E-state index contributed by atoms with van der Waals surface area (Å²) in [5, 5.41) is 31.7. The smallest absolute Gasteiger partial charge is 0.330 e. The molecule has 0 spiro atoms. The number of aromatic amines is 1. The molecule has 0 aliphatic carbocycles. The van der Waals surface area contributed by atoms with Gasteiger partial charge in [0.05, 0.1) is 35.4 Å². The molecule has 2 heterocycles. The van der Waals surface area contributed by atoms with Crippen molar-refractivity contribution in [3.63, 3.8) is 0 Å². The van der Waals surface area contributed by atoms with Crippen molar-refractivity contribution in [2.45, 2.75) is 71.4 Å². The van der Waals surface area contributed by atoms with Gasteiger partial charge in [0, 0.05) is 24.2 Å². The number of aliphatic hydroxyl groups is 2. The first-order chi connectivity index (χ1) is 17.6. The van der Waals surface area contributed by atoms with Crippen LogP contribution >= 0.6 is 0 Å². The Morgan fingerprint density at radius 1 is 1.29 bits per heavy atom. The van der Waals surface area contributed by atoms with Gasteiger partial charge in [-0.2, -0.15) is 0 Å². The van der Waals surface area contributed by atoms with Crippen molar-refractivity contribution < 1.29 is 24.6 Å². The van der Waals surface area contributed by atoms with Crippen molar-refractivity contribution in [3.05, 3.63) is 72.0 Å². The van der Waals surface area contributed by atoms with Crippen molar-refractivity contribution >= 4 is 13.8 Å². The van der Waals surface area contributed by atoms with Crippen molar-refractivity contribution in [3.8, 4) is 11.5 Å². The molecule has 1 saturated heterocycles. The Bertz CT molecular complexity index is 1360. The Morgan fingerprint density at radius 3 is 2.53 bits per heavy atom. The van der Waals surface area contributed by atoms with Gasteiger partial charge in [-0.05, 0) is 17.5 Å². The Morgan fingerprint density at radius 2 is 1.97 bits per heavy atom. The average molecular weight is 546 g/mol. The molecule has 12 heteroatoms. The lowest BCUT2D eigenvalue weighted by Gasteiger charge is -2.25. The largest absolute Gasteiger partial charge is 0.394 e. The number of nitrogens with zero attached hydrogens (tertiary/aromatic N) is 2. The van der Waals surface area contributed by atoms with Gasteiger partial charge in [0.2, 0.25) is 0 Å². The van der Waals surface area contributed by atoms with E-state index in [9.17, 15) is 29.9 Å². The lowest BCUT2D eigenvalue weighted by Crippen LogP contribution is -2.36. The molecule has 3 N–H and O–H groups in total. The minimum atomic E-state index is -1.73. The van der Waals surface area contributed by atoms with E-state index in [0.29, 0.717) is 5.56 Å². The van der Waals surface area contributed by atoms with Crippen molar-refractivity contribution in [2.75, 3.05) is 13.2 Å². The quantitative estimate of drug-likeness (QED) is 0.207. The normalized spacial score (nSPS) is 20.6. The van der Waals surface area contributed by atoms with Gasteiger partial charge in [0.1, 0.15) is 26.5 Å². The zero-order chi connectivity index (χ0) is 28.4. The van der Waals surface area contributed by atoms with E-state index in [1.165, 1.54) is 18.3 Å². The molecule has 1 aliphatic heterocycles. The van der Waals surface area contributed by atoms with E-state index in [2.05, 4.69) is 36.1 Å². The van der Waals surface area contributed by atoms with Gasteiger partial charge in [-0.3, -0.25) is 24.5 Å². The van der Waals surface area contributed by atoms with Crippen LogP contribution < -0.4 is 11.2 Å². The highest BCUT2D eigenvalue weighted by molar-refractivity contribution is 6.83. The molecular formula is C26H35N3O8Si. The standard InChI is InChI=1S/C26H35N3O8Si/c1-26(2,3)15-36-23(17-8-7-16(9-10-38(4,5)6)11-19(17)29(34)35)18-13-28(25(33)27-24(18)32)22-12-20(31)21(14-30)37-22/h7-8,11,13,20-23,30-31H,12,14-15H2,1-6H3,(H,27,32,33)/t20-,21+,22+,23?/m0/s1. The third kappa shape index (κ3) is 7.27. The molecular weight excluding hydrogens is 510 g/mol. The average Bonchev–Trinajstić information content (AvgIpc) is 3.18. The SMILES string of the molecule is CC(C)(C)COC(c1ccc(C#C[Si](C)(C)C)cc1[N+](=O)[O-])c1cn([C@H]2C[C@H](O)[C@@H](CO)O2)c(=O)[nH]c1=O. The number of rotatable bonds is 7. The zero-order valence-electron chi connectivity index (χ0n) is 22.5. The number of benzene rings is 1. The van der Waals surface area contributed by atoms with Gasteiger partial charge in [-0.15, -0.1) is 5.54 Å². The van der Waals surface area contributed by atoms with Crippen molar-refractivity contribution in [1.82, 2.24) is 9.55 Å². The van der Waals surface area contributed by atoms with E-state index in [1.807, 2.05) is 20.8 Å². The summed E-state index contributed by atoms with van der Waals surface area (Å²) in [5.41, 5.74) is 1.60. The third-order valence-corrected chi connectivity index (χ3v) is 6.62. The molecule has 0 saturated carbocycles. The summed E-state index contributed by atoms with van der Waals surface area (Å²) in [6.07, 6.45) is -2.79. The second kappa shape index (κ2) is 11.3. The lowest BCUT2D eigenvalue weighted by molar-refractivity contribution is -0.386. The second-order valence-electron chi connectivity index (χ2n) is 11.6. The fraction of sp³-hybridized carbons (Fsp3) is 0.538. The number of nitro benzene ring substituents is 1. The summed E-state index contributed by atoms with van der Waals surface area (Å²) in [7, 11) is -1.73. The van der Waals surface area contributed by atoms with Crippen LogP contribution in [0, 0.1) is 27.0 Å². The summed E-state index contributed by atoms with van der Waals surface area (Å²) >= 11 is 0. The van der Waals surface area contributed by atoms with Gasteiger partial charge >= 0.3 is 5.69 Å². The number of nitrogens with one attached hydrogen (secondary N) is 1. The minimum Gasteiger partial charge on any atom is -0.394 e. The summed E-state index contributed by atoms with van der Waals surface area (Å²) in [6.45, 7) is 11.7. The zero-order valence-corrected chi connectivity index (χ0v) is 23.5. The lowest BCUT2D eigenvalue weighted by atomic mass is 9.96. The number of hydrogen-bond acceptors (Lipinski definition) is 8. The van der Waals surface area contributed by atoms with Crippen LogP contribution in [0.15, 0.2) is 34.0 Å². The molecule has 38 heavy (non-hydrogen) atoms. The van der Waals surface area contributed by atoms with Gasteiger partial charge in [-0.1, -0.05) is 46.3 Å². The van der Waals surface area contributed by atoms with Gasteiger partial charge in [0.25, 0.3) is 11.2 Å². The van der Waals surface area contributed by atoms with Crippen LogP contribution in [-0.2, 0) is 9.47 Å². The molecule has 1 aromatic heterocycles. The molecule has 0 radical (unpaired) electrons. The van der Waals surface area contributed by atoms with Crippen LogP contribution in [-0.4, -0.2) is 58.2 Å². The Balaban J connectivity index is 2.17. The molecule has 1 aromatic carbocycles. The molecule has 206 valence electrons. The van der Waals surface area contributed by atoms with Crippen LogP contribution in [0.25, 0.3) is 0 Å². The molecule has 2 aromatic rings. The molecule has 1 unspecified atom stereocenters. The maximum Gasteiger partial charge on any atom is 0.330 e. The maximum atomic E-state index is 13.0. The van der Waals surface area contributed by atoms with E-state index in [0.717, 1.165) is 4.57 Å². The maximum absolute atomic E-state index is 13.0. The van der Waals surface area contributed by atoms with E-state index < -0.39 is 55.4 Å². The summed E-state index contributed by atoms with van der Waals surface area (Å²) < 4.78 is 12.8. The van der Waals surface area contributed by atoms with Crippen LogP contribution in [0.2, 0.25) is 19.6 Å². The molecule has 0 bridgehead atoms. The predicted molar refractivity (Wildman–Crippen MR) is 144 cm³/mol. The highest BCUT2D eigenvalue weighted by Gasteiger charge is 2.36. The molecule has 0 amide bonds. The molecule has 11 nitrogen and oxygen atoms in total.